The molecule has 0 bridgehead atoms. The summed E-state index contributed by atoms with van der Waals surface area (Å²) >= 11 is 0. The lowest BCUT2D eigenvalue weighted by atomic mass is 10.0. The Kier molecular flexibility index (Phi) is 4.03. The third kappa shape index (κ3) is 2.60. The summed E-state index contributed by atoms with van der Waals surface area (Å²) in [6.45, 7) is 4.02. The van der Waals surface area contributed by atoms with Crippen LogP contribution in [0.1, 0.15) is 31.4 Å². The van der Waals surface area contributed by atoms with Crippen LogP contribution in [0.2, 0.25) is 0 Å². The topological polar surface area (TPSA) is 57.7 Å². The van der Waals surface area contributed by atoms with Crippen molar-refractivity contribution in [3.05, 3.63) is 53.6 Å². The van der Waals surface area contributed by atoms with Crippen molar-refractivity contribution in [1.82, 2.24) is 0 Å². The highest BCUT2D eigenvalue weighted by atomic mass is 32.2. The second-order valence-electron chi connectivity index (χ2n) is 7.04. The maximum atomic E-state index is 13.3. The number of nitrogens with zero attached hydrogens (tertiary/aromatic N) is 2. The van der Waals surface area contributed by atoms with E-state index in [1.807, 2.05) is 31.2 Å². The highest BCUT2D eigenvalue weighted by Gasteiger charge is 2.33. The molecule has 26 heavy (non-hydrogen) atoms. The summed E-state index contributed by atoms with van der Waals surface area (Å²) in [6.07, 6.45) is 2.39. The molecule has 2 heterocycles. The van der Waals surface area contributed by atoms with Gasteiger partial charge in [0.2, 0.25) is 5.91 Å². The molecule has 2 aliphatic rings. The van der Waals surface area contributed by atoms with E-state index in [-0.39, 0.29) is 11.9 Å². The molecule has 0 aromatic heterocycles. The Bertz CT molecular complexity index is 984. The molecule has 0 fully saturated rings. The lowest BCUT2D eigenvalue weighted by Crippen LogP contribution is -2.35. The summed E-state index contributed by atoms with van der Waals surface area (Å²) in [5.74, 6) is -0.0168. The average molecular weight is 370 g/mol. The molecule has 2 aromatic carbocycles. The summed E-state index contributed by atoms with van der Waals surface area (Å²) in [6, 6.07) is 12.9. The van der Waals surface area contributed by atoms with Gasteiger partial charge in [0.1, 0.15) is 0 Å². The number of anilines is 2. The quantitative estimate of drug-likeness (QED) is 0.816. The molecule has 5 nitrogen and oxygen atoms in total. The van der Waals surface area contributed by atoms with E-state index in [0.717, 1.165) is 35.3 Å². The first kappa shape index (κ1) is 17.1. The van der Waals surface area contributed by atoms with Gasteiger partial charge in [0.05, 0.1) is 10.6 Å². The molecule has 1 amide bonds. The lowest BCUT2D eigenvalue weighted by Gasteiger charge is -2.30. The molecule has 0 radical (unpaired) electrons. The van der Waals surface area contributed by atoms with Crippen LogP contribution in [0.4, 0.5) is 11.4 Å². The van der Waals surface area contributed by atoms with Crippen molar-refractivity contribution in [3.8, 4) is 0 Å². The van der Waals surface area contributed by atoms with E-state index in [1.54, 1.807) is 30.0 Å². The van der Waals surface area contributed by atoms with Gasteiger partial charge in [-0.2, -0.15) is 0 Å². The standard InChI is InChI=1S/C20H22N2O3S/c1-14-12-17-13-18(9-10-20(17)22(14)15(2)23)26(24,25)21-11-5-7-16-6-3-4-8-19(16)21/h3-4,6,8-10,13-14H,5,7,11-12H2,1-2H3. The Balaban J connectivity index is 1.75. The maximum absolute atomic E-state index is 13.3. The minimum Gasteiger partial charge on any atom is -0.309 e. The second kappa shape index (κ2) is 6.13. The fraction of sp³-hybridized carbons (Fsp3) is 0.350. The molecule has 6 heteroatoms. The Labute approximate surface area is 154 Å². The number of hydrogen-bond donors (Lipinski definition) is 0. The SMILES string of the molecule is CC(=O)N1c2ccc(S(=O)(=O)N3CCCc4ccccc43)cc2CC1C. The van der Waals surface area contributed by atoms with Crippen LogP contribution < -0.4 is 9.21 Å². The molecule has 0 saturated carbocycles. The van der Waals surface area contributed by atoms with Gasteiger partial charge in [-0.05, 0) is 61.6 Å². The number of benzene rings is 2. The minimum absolute atomic E-state index is 0.0168. The Morgan fingerprint density at radius 2 is 1.85 bits per heavy atom. The molecule has 0 N–H and O–H groups in total. The molecular formula is C20H22N2O3S. The number of sulfonamides is 1. The van der Waals surface area contributed by atoms with E-state index in [0.29, 0.717) is 17.9 Å². The minimum atomic E-state index is -3.62. The van der Waals surface area contributed by atoms with Crippen LogP contribution >= 0.6 is 0 Å². The van der Waals surface area contributed by atoms with Crippen molar-refractivity contribution in [2.75, 3.05) is 15.7 Å². The van der Waals surface area contributed by atoms with Crippen molar-refractivity contribution in [1.29, 1.82) is 0 Å². The van der Waals surface area contributed by atoms with Gasteiger partial charge >= 0.3 is 0 Å². The molecule has 1 atom stereocenters. The lowest BCUT2D eigenvalue weighted by molar-refractivity contribution is -0.116. The van der Waals surface area contributed by atoms with Crippen molar-refractivity contribution in [2.45, 2.75) is 44.0 Å². The van der Waals surface area contributed by atoms with E-state index in [1.165, 1.54) is 4.31 Å². The Morgan fingerprint density at radius 3 is 2.62 bits per heavy atom. The maximum Gasteiger partial charge on any atom is 0.264 e. The molecule has 2 aromatic rings. The number of hydrogen-bond acceptors (Lipinski definition) is 3. The third-order valence-corrected chi connectivity index (χ3v) is 7.07. The number of aryl methyl sites for hydroxylation is 1. The van der Waals surface area contributed by atoms with Crippen LogP contribution in [0.15, 0.2) is 47.4 Å². The number of rotatable bonds is 2. The predicted octanol–water partition coefficient (Wildman–Crippen LogP) is 3.13. The average Bonchev–Trinajstić information content (AvgIpc) is 2.96. The van der Waals surface area contributed by atoms with Crippen LogP contribution in [0.25, 0.3) is 0 Å². The zero-order valence-electron chi connectivity index (χ0n) is 15.0. The number of carbonyl (C=O) groups is 1. The van der Waals surface area contributed by atoms with Gasteiger partial charge in [0, 0.05) is 25.2 Å². The normalized spacial score (nSPS) is 19.2. The van der Waals surface area contributed by atoms with Gasteiger partial charge in [-0.1, -0.05) is 18.2 Å². The fourth-order valence-corrected chi connectivity index (χ4v) is 5.72. The zero-order valence-corrected chi connectivity index (χ0v) is 15.8. The molecule has 4 rings (SSSR count). The van der Waals surface area contributed by atoms with E-state index in [9.17, 15) is 13.2 Å². The van der Waals surface area contributed by atoms with E-state index < -0.39 is 10.0 Å². The van der Waals surface area contributed by atoms with E-state index in [2.05, 4.69) is 0 Å². The van der Waals surface area contributed by atoms with Gasteiger partial charge in [-0.3, -0.25) is 9.10 Å². The van der Waals surface area contributed by atoms with Gasteiger partial charge in [0.15, 0.2) is 0 Å². The fourth-order valence-electron chi connectivity index (χ4n) is 4.12. The second-order valence-corrected chi connectivity index (χ2v) is 8.90. The van der Waals surface area contributed by atoms with Crippen molar-refractivity contribution < 1.29 is 13.2 Å². The van der Waals surface area contributed by atoms with Crippen molar-refractivity contribution in [3.63, 3.8) is 0 Å². The van der Waals surface area contributed by atoms with E-state index in [4.69, 9.17) is 0 Å². The first-order valence-electron chi connectivity index (χ1n) is 8.93. The highest BCUT2D eigenvalue weighted by Crippen LogP contribution is 2.36. The first-order chi connectivity index (χ1) is 12.4. The molecular weight excluding hydrogens is 348 g/mol. The van der Waals surface area contributed by atoms with Crippen LogP contribution in [0.5, 0.6) is 0 Å². The number of para-hydroxylation sites is 1. The van der Waals surface area contributed by atoms with Crippen LogP contribution in [-0.2, 0) is 27.7 Å². The smallest absolute Gasteiger partial charge is 0.264 e. The van der Waals surface area contributed by atoms with Crippen LogP contribution in [0.3, 0.4) is 0 Å². The number of amides is 1. The molecule has 0 saturated heterocycles. The largest absolute Gasteiger partial charge is 0.309 e. The zero-order chi connectivity index (χ0) is 18.5. The summed E-state index contributed by atoms with van der Waals surface area (Å²) in [4.78, 5) is 13.9. The van der Waals surface area contributed by atoms with Crippen molar-refractivity contribution >= 4 is 27.3 Å². The van der Waals surface area contributed by atoms with E-state index >= 15 is 0 Å². The van der Waals surface area contributed by atoms with Crippen LogP contribution in [0, 0.1) is 0 Å². The Morgan fingerprint density at radius 1 is 1.08 bits per heavy atom. The highest BCUT2D eigenvalue weighted by molar-refractivity contribution is 7.92. The monoisotopic (exact) mass is 370 g/mol. The molecule has 0 aliphatic carbocycles. The van der Waals surface area contributed by atoms with Gasteiger partial charge in [0.25, 0.3) is 10.0 Å². The first-order valence-corrected chi connectivity index (χ1v) is 10.4. The summed E-state index contributed by atoms with van der Waals surface area (Å²) in [7, 11) is -3.62. The van der Waals surface area contributed by atoms with Gasteiger partial charge in [-0.15, -0.1) is 0 Å². The molecule has 0 spiro atoms. The predicted molar refractivity (Wildman–Crippen MR) is 102 cm³/mol. The summed E-state index contributed by atoms with van der Waals surface area (Å²) in [5.41, 5.74) is 3.58. The number of fused-ring (bicyclic) bond motifs is 2. The number of carbonyl (C=O) groups excluding carboxylic acids is 1. The van der Waals surface area contributed by atoms with Gasteiger partial charge in [-0.25, -0.2) is 8.42 Å². The van der Waals surface area contributed by atoms with Crippen molar-refractivity contribution in [2.24, 2.45) is 0 Å². The summed E-state index contributed by atoms with van der Waals surface area (Å²) in [5, 5.41) is 0. The Hall–Kier alpha value is -2.34. The van der Waals surface area contributed by atoms with Gasteiger partial charge < -0.3 is 4.90 Å². The summed E-state index contributed by atoms with van der Waals surface area (Å²) < 4.78 is 28.1. The third-order valence-electron chi connectivity index (χ3n) is 5.26. The van der Waals surface area contributed by atoms with Crippen LogP contribution in [-0.4, -0.2) is 26.9 Å². The molecule has 2 aliphatic heterocycles. The molecule has 1 unspecified atom stereocenters. The molecule has 136 valence electrons.